The fourth-order valence-electron chi connectivity index (χ4n) is 3.16. The highest BCUT2D eigenvalue weighted by Crippen LogP contribution is 2.38. The third kappa shape index (κ3) is 2.41. The summed E-state index contributed by atoms with van der Waals surface area (Å²) in [7, 11) is 0. The molecule has 1 heterocycles. The van der Waals surface area contributed by atoms with E-state index < -0.39 is 0 Å². The van der Waals surface area contributed by atoms with Crippen LogP contribution in [0, 0.1) is 6.92 Å². The number of benzene rings is 1. The zero-order valence-corrected chi connectivity index (χ0v) is 11.3. The third-order valence-electron chi connectivity index (χ3n) is 4.13. The topological polar surface area (TPSA) is 38.9 Å². The van der Waals surface area contributed by atoms with Crippen LogP contribution >= 0.6 is 0 Å². The molecule has 0 amide bonds. The van der Waals surface area contributed by atoms with E-state index in [2.05, 4.69) is 42.2 Å². The molecule has 0 fully saturated rings. The second-order valence-corrected chi connectivity index (χ2v) is 5.52. The van der Waals surface area contributed by atoms with Crippen molar-refractivity contribution in [2.75, 3.05) is 0 Å². The molecule has 2 atom stereocenters. The van der Waals surface area contributed by atoms with E-state index in [1.807, 2.05) is 12.4 Å². The van der Waals surface area contributed by atoms with Crippen LogP contribution in [0.15, 0.2) is 42.7 Å². The van der Waals surface area contributed by atoms with E-state index in [4.69, 9.17) is 5.73 Å². The normalized spacial score (nSPS) is 19.8. The fourth-order valence-corrected chi connectivity index (χ4v) is 3.16. The lowest BCUT2D eigenvalue weighted by Gasteiger charge is -2.30. The average molecular weight is 252 g/mol. The van der Waals surface area contributed by atoms with Gasteiger partial charge in [0.15, 0.2) is 0 Å². The molecule has 0 saturated carbocycles. The Morgan fingerprint density at radius 2 is 2.11 bits per heavy atom. The van der Waals surface area contributed by atoms with Crippen LogP contribution in [0.3, 0.4) is 0 Å². The van der Waals surface area contributed by atoms with Gasteiger partial charge in [-0.2, -0.15) is 0 Å². The lowest BCUT2D eigenvalue weighted by molar-refractivity contribution is 0.473. The molecule has 1 aliphatic carbocycles. The van der Waals surface area contributed by atoms with Crippen LogP contribution in [0.4, 0.5) is 0 Å². The summed E-state index contributed by atoms with van der Waals surface area (Å²) in [6, 6.07) is 10.9. The zero-order chi connectivity index (χ0) is 13.2. The first-order valence-corrected chi connectivity index (χ1v) is 7.00. The van der Waals surface area contributed by atoms with Crippen molar-refractivity contribution in [2.24, 2.45) is 5.73 Å². The Hall–Kier alpha value is -1.67. The number of nitrogens with two attached hydrogens (primary N) is 1. The van der Waals surface area contributed by atoms with Gasteiger partial charge in [0, 0.05) is 24.4 Å². The van der Waals surface area contributed by atoms with Gasteiger partial charge in [0.1, 0.15) is 0 Å². The number of rotatable bonds is 2. The molecule has 2 unspecified atom stereocenters. The summed E-state index contributed by atoms with van der Waals surface area (Å²) in [5.41, 5.74) is 11.7. The van der Waals surface area contributed by atoms with Gasteiger partial charge in [-0.25, -0.2) is 0 Å². The largest absolute Gasteiger partial charge is 0.323 e. The molecule has 19 heavy (non-hydrogen) atoms. The van der Waals surface area contributed by atoms with Gasteiger partial charge in [-0.3, -0.25) is 4.98 Å². The van der Waals surface area contributed by atoms with Gasteiger partial charge < -0.3 is 5.73 Å². The van der Waals surface area contributed by atoms with Gasteiger partial charge >= 0.3 is 0 Å². The summed E-state index contributed by atoms with van der Waals surface area (Å²) in [4.78, 5) is 4.28. The summed E-state index contributed by atoms with van der Waals surface area (Å²) < 4.78 is 0. The van der Waals surface area contributed by atoms with Crippen LogP contribution in [0.25, 0.3) is 0 Å². The van der Waals surface area contributed by atoms with E-state index in [9.17, 15) is 0 Å². The molecule has 0 radical (unpaired) electrons. The quantitative estimate of drug-likeness (QED) is 0.888. The lowest BCUT2D eigenvalue weighted by atomic mass is 9.77. The zero-order valence-electron chi connectivity index (χ0n) is 11.3. The maximum absolute atomic E-state index is 6.51. The Morgan fingerprint density at radius 1 is 1.26 bits per heavy atom. The predicted octanol–water partition coefficient (Wildman–Crippen LogP) is 3.51. The van der Waals surface area contributed by atoms with Crippen molar-refractivity contribution in [1.29, 1.82) is 0 Å². The number of hydrogen-bond donors (Lipinski definition) is 1. The average Bonchev–Trinajstić information content (AvgIpc) is 2.46. The van der Waals surface area contributed by atoms with Gasteiger partial charge in [0.2, 0.25) is 0 Å². The highest BCUT2D eigenvalue weighted by atomic mass is 14.7. The van der Waals surface area contributed by atoms with Crippen molar-refractivity contribution < 1.29 is 0 Å². The molecule has 1 aromatic heterocycles. The minimum absolute atomic E-state index is 0.0499. The molecule has 0 saturated heterocycles. The number of hydrogen-bond acceptors (Lipinski definition) is 2. The maximum Gasteiger partial charge on any atom is 0.0380 e. The Morgan fingerprint density at radius 3 is 2.95 bits per heavy atom. The maximum atomic E-state index is 6.51. The van der Waals surface area contributed by atoms with Crippen LogP contribution < -0.4 is 5.73 Å². The minimum atomic E-state index is 0.0499. The monoisotopic (exact) mass is 252 g/mol. The standard InChI is InChI=1S/C17H20N2/c1-12-9-14(11-19-10-12)17(18)16-8-4-6-13-5-2-3-7-15(13)16/h2-3,5,7,9-11,16-17H,4,6,8,18H2,1H3. The Balaban J connectivity index is 1.95. The van der Waals surface area contributed by atoms with Gasteiger partial charge in [-0.05, 0) is 48.4 Å². The van der Waals surface area contributed by atoms with E-state index in [1.165, 1.54) is 36.0 Å². The highest BCUT2D eigenvalue weighted by Gasteiger charge is 2.26. The fraction of sp³-hybridized carbons (Fsp3) is 0.353. The molecular weight excluding hydrogens is 232 g/mol. The van der Waals surface area contributed by atoms with Gasteiger partial charge in [-0.1, -0.05) is 30.3 Å². The van der Waals surface area contributed by atoms with E-state index in [0.29, 0.717) is 5.92 Å². The summed E-state index contributed by atoms with van der Waals surface area (Å²) >= 11 is 0. The van der Waals surface area contributed by atoms with Gasteiger partial charge in [0.25, 0.3) is 0 Å². The summed E-state index contributed by atoms with van der Waals surface area (Å²) in [6.07, 6.45) is 7.38. The van der Waals surface area contributed by atoms with E-state index in [1.54, 1.807) is 0 Å². The highest BCUT2D eigenvalue weighted by molar-refractivity contribution is 5.36. The molecule has 2 N–H and O–H groups in total. The smallest absolute Gasteiger partial charge is 0.0380 e. The number of nitrogens with zero attached hydrogens (tertiary/aromatic N) is 1. The molecule has 0 aliphatic heterocycles. The minimum Gasteiger partial charge on any atom is -0.323 e. The molecular formula is C17H20N2. The van der Waals surface area contributed by atoms with Crippen molar-refractivity contribution in [3.63, 3.8) is 0 Å². The Bertz CT molecular complexity index is 577. The first-order valence-electron chi connectivity index (χ1n) is 7.00. The predicted molar refractivity (Wildman–Crippen MR) is 78.0 cm³/mol. The van der Waals surface area contributed by atoms with Crippen molar-refractivity contribution in [2.45, 2.75) is 38.1 Å². The van der Waals surface area contributed by atoms with Crippen LogP contribution in [0.5, 0.6) is 0 Å². The number of fused-ring (bicyclic) bond motifs is 1. The van der Waals surface area contributed by atoms with Gasteiger partial charge in [-0.15, -0.1) is 0 Å². The van der Waals surface area contributed by atoms with E-state index in [-0.39, 0.29) is 6.04 Å². The number of aromatic nitrogens is 1. The number of pyridine rings is 1. The molecule has 0 spiro atoms. The molecule has 2 heteroatoms. The van der Waals surface area contributed by atoms with Crippen molar-refractivity contribution in [3.05, 3.63) is 65.0 Å². The van der Waals surface area contributed by atoms with Crippen LogP contribution in [0.1, 0.15) is 47.1 Å². The molecule has 3 rings (SSSR count). The molecule has 1 aromatic carbocycles. The van der Waals surface area contributed by atoms with Crippen LogP contribution in [-0.2, 0) is 6.42 Å². The molecule has 2 nitrogen and oxygen atoms in total. The Kier molecular flexibility index (Phi) is 3.34. The third-order valence-corrected chi connectivity index (χ3v) is 4.13. The first-order chi connectivity index (χ1) is 9.25. The molecule has 2 aromatic rings. The van der Waals surface area contributed by atoms with Crippen molar-refractivity contribution >= 4 is 0 Å². The molecule has 98 valence electrons. The molecule has 0 bridgehead atoms. The SMILES string of the molecule is Cc1cncc(C(N)C2CCCc3ccccc32)c1. The summed E-state index contributed by atoms with van der Waals surface area (Å²) in [5.74, 6) is 0.425. The van der Waals surface area contributed by atoms with Crippen molar-refractivity contribution in [1.82, 2.24) is 4.98 Å². The van der Waals surface area contributed by atoms with Crippen LogP contribution in [0.2, 0.25) is 0 Å². The summed E-state index contributed by atoms with van der Waals surface area (Å²) in [5, 5.41) is 0. The first kappa shape index (κ1) is 12.4. The molecule has 1 aliphatic rings. The van der Waals surface area contributed by atoms with E-state index >= 15 is 0 Å². The second-order valence-electron chi connectivity index (χ2n) is 5.52. The van der Waals surface area contributed by atoms with Gasteiger partial charge in [0.05, 0.1) is 0 Å². The number of aryl methyl sites for hydroxylation is 2. The lowest BCUT2D eigenvalue weighted by Crippen LogP contribution is -2.23. The second kappa shape index (κ2) is 5.14. The van der Waals surface area contributed by atoms with Crippen LogP contribution in [-0.4, -0.2) is 4.98 Å². The van der Waals surface area contributed by atoms with E-state index in [0.717, 1.165) is 5.56 Å². The van der Waals surface area contributed by atoms with Crippen molar-refractivity contribution in [3.8, 4) is 0 Å². The Labute approximate surface area is 114 Å². The summed E-state index contributed by atoms with van der Waals surface area (Å²) in [6.45, 7) is 2.07.